The molecule has 1 amide bonds. The summed E-state index contributed by atoms with van der Waals surface area (Å²) in [5.41, 5.74) is -0.148. The van der Waals surface area contributed by atoms with E-state index in [1.54, 1.807) is 6.07 Å². The van der Waals surface area contributed by atoms with Gasteiger partial charge in [0.25, 0.3) is 0 Å². The van der Waals surface area contributed by atoms with Crippen LogP contribution in [0.1, 0.15) is 18.5 Å². The van der Waals surface area contributed by atoms with Gasteiger partial charge < -0.3 is 5.32 Å². The number of nitrogens with one attached hydrogen (secondary N) is 2. The van der Waals surface area contributed by atoms with Gasteiger partial charge in [-0.15, -0.1) is 0 Å². The fourth-order valence-corrected chi connectivity index (χ4v) is 3.00. The third kappa shape index (κ3) is 3.07. The average Bonchev–Trinajstić information content (AvgIpc) is 2.82. The Morgan fingerprint density at radius 3 is 3.00 bits per heavy atom. The molecule has 1 aliphatic rings. The van der Waals surface area contributed by atoms with Crippen LogP contribution in [0.2, 0.25) is 0 Å². The van der Waals surface area contributed by atoms with E-state index in [1.807, 2.05) is 0 Å². The van der Waals surface area contributed by atoms with Crippen molar-refractivity contribution < 1.29 is 13.2 Å². The number of aromatic nitrogens is 1. The lowest BCUT2D eigenvalue weighted by Crippen LogP contribution is -2.38. The number of amides is 1. The van der Waals surface area contributed by atoms with E-state index < -0.39 is 10.0 Å². The van der Waals surface area contributed by atoms with Crippen LogP contribution in [0.25, 0.3) is 0 Å². The van der Waals surface area contributed by atoms with E-state index >= 15 is 0 Å². The number of sulfonamides is 1. The highest BCUT2D eigenvalue weighted by Gasteiger charge is 2.24. The Bertz CT molecular complexity index is 636. The Kier molecular flexibility index (Phi) is 3.78. The van der Waals surface area contributed by atoms with Crippen molar-refractivity contribution in [3.63, 3.8) is 0 Å². The van der Waals surface area contributed by atoms with Gasteiger partial charge in [0.05, 0.1) is 0 Å². The highest BCUT2D eigenvalue weighted by molar-refractivity contribution is 7.89. The molecule has 0 aromatic carbocycles. The van der Waals surface area contributed by atoms with Crippen LogP contribution in [-0.2, 0) is 14.8 Å². The summed E-state index contributed by atoms with van der Waals surface area (Å²) in [5, 5.41) is 11.5. The van der Waals surface area contributed by atoms with Crippen LogP contribution in [0.4, 0.5) is 0 Å². The second kappa shape index (κ2) is 5.34. The van der Waals surface area contributed by atoms with Gasteiger partial charge in [0.1, 0.15) is 11.0 Å². The quantitative estimate of drug-likeness (QED) is 0.773. The Morgan fingerprint density at radius 2 is 2.37 bits per heavy atom. The normalized spacial score (nSPS) is 18.9. The molecular weight excluding hydrogens is 268 g/mol. The Balaban J connectivity index is 2.10. The summed E-state index contributed by atoms with van der Waals surface area (Å²) in [6.07, 6.45) is 2.36. The van der Waals surface area contributed by atoms with Gasteiger partial charge in [0, 0.05) is 25.2 Å². The molecule has 2 rings (SSSR count). The Morgan fingerprint density at radius 1 is 1.58 bits per heavy atom. The van der Waals surface area contributed by atoms with E-state index in [1.165, 1.54) is 18.3 Å². The number of nitrogens with zero attached hydrogens (tertiary/aromatic N) is 2. The van der Waals surface area contributed by atoms with Crippen LogP contribution in [-0.4, -0.2) is 31.9 Å². The molecule has 1 saturated heterocycles. The summed E-state index contributed by atoms with van der Waals surface area (Å²) in [4.78, 5) is 14.6. The first-order valence-electron chi connectivity index (χ1n) is 5.67. The van der Waals surface area contributed by atoms with Crippen LogP contribution in [0.3, 0.4) is 0 Å². The maximum absolute atomic E-state index is 12.0. The van der Waals surface area contributed by atoms with Crippen molar-refractivity contribution in [3.05, 3.63) is 24.0 Å². The maximum Gasteiger partial charge on any atom is 0.243 e. The van der Waals surface area contributed by atoms with Crippen LogP contribution in [0.15, 0.2) is 23.2 Å². The second-order valence-corrected chi connectivity index (χ2v) is 5.85. The lowest BCUT2D eigenvalue weighted by Gasteiger charge is -2.12. The molecule has 1 unspecified atom stereocenters. The fraction of sp³-hybridized carbons (Fsp3) is 0.364. The molecule has 0 aliphatic carbocycles. The van der Waals surface area contributed by atoms with Gasteiger partial charge in [-0.2, -0.15) is 5.26 Å². The molecule has 0 bridgehead atoms. The van der Waals surface area contributed by atoms with Gasteiger partial charge in [-0.05, 0) is 18.6 Å². The number of pyridine rings is 1. The van der Waals surface area contributed by atoms with E-state index in [4.69, 9.17) is 5.26 Å². The first-order chi connectivity index (χ1) is 9.03. The van der Waals surface area contributed by atoms with Crippen LogP contribution < -0.4 is 10.0 Å². The summed E-state index contributed by atoms with van der Waals surface area (Å²) in [7, 11) is -3.79. The monoisotopic (exact) mass is 280 g/mol. The molecule has 1 aromatic heterocycles. The molecular formula is C11H12N4O3S. The maximum atomic E-state index is 12.0. The van der Waals surface area contributed by atoms with Crippen LogP contribution >= 0.6 is 0 Å². The standard InChI is InChI=1S/C11H12N4O3S/c12-6-9-10(2-1-5-13-9)19(17,18)14-7-8-3-4-11(16)15-8/h1-2,5,8,14H,3-4,7H2,(H,15,16). The van der Waals surface area contributed by atoms with E-state index in [0.29, 0.717) is 12.8 Å². The number of hydrogen-bond donors (Lipinski definition) is 2. The zero-order chi connectivity index (χ0) is 13.9. The van der Waals surface area contributed by atoms with Crippen molar-refractivity contribution in [2.45, 2.75) is 23.8 Å². The molecule has 1 aliphatic heterocycles. The number of rotatable bonds is 4. The van der Waals surface area contributed by atoms with Crippen molar-refractivity contribution in [2.24, 2.45) is 0 Å². The van der Waals surface area contributed by atoms with Gasteiger partial charge >= 0.3 is 0 Å². The molecule has 2 N–H and O–H groups in total. The predicted octanol–water partition coefficient (Wildman–Crippen LogP) is -0.490. The number of nitriles is 1. The lowest BCUT2D eigenvalue weighted by molar-refractivity contribution is -0.119. The van der Waals surface area contributed by atoms with Crippen molar-refractivity contribution in [3.8, 4) is 6.07 Å². The highest BCUT2D eigenvalue weighted by atomic mass is 32.2. The fourth-order valence-electron chi connectivity index (χ4n) is 1.81. The zero-order valence-electron chi connectivity index (χ0n) is 9.96. The van der Waals surface area contributed by atoms with Crippen molar-refractivity contribution in [1.82, 2.24) is 15.0 Å². The summed E-state index contributed by atoms with van der Waals surface area (Å²) in [5.74, 6) is -0.0803. The van der Waals surface area contributed by atoms with Gasteiger partial charge in [-0.3, -0.25) is 4.79 Å². The van der Waals surface area contributed by atoms with Gasteiger partial charge in [0.2, 0.25) is 15.9 Å². The minimum absolute atomic E-state index is 0.0803. The highest BCUT2D eigenvalue weighted by Crippen LogP contribution is 2.12. The summed E-state index contributed by atoms with van der Waals surface area (Å²) < 4.78 is 26.4. The van der Waals surface area contributed by atoms with Crippen molar-refractivity contribution in [1.29, 1.82) is 5.26 Å². The van der Waals surface area contributed by atoms with E-state index in [-0.39, 0.29) is 29.1 Å². The molecule has 1 atom stereocenters. The minimum atomic E-state index is -3.79. The number of carbonyl (C=O) groups is 1. The Hall–Kier alpha value is -1.98. The largest absolute Gasteiger partial charge is 0.352 e. The molecule has 19 heavy (non-hydrogen) atoms. The molecule has 0 saturated carbocycles. The zero-order valence-corrected chi connectivity index (χ0v) is 10.8. The summed E-state index contributed by atoms with van der Waals surface area (Å²) >= 11 is 0. The molecule has 8 heteroatoms. The number of carbonyl (C=O) groups excluding carboxylic acids is 1. The molecule has 0 radical (unpaired) electrons. The van der Waals surface area contributed by atoms with Crippen molar-refractivity contribution in [2.75, 3.05) is 6.54 Å². The predicted molar refractivity (Wildman–Crippen MR) is 65.3 cm³/mol. The van der Waals surface area contributed by atoms with Gasteiger partial charge in [-0.25, -0.2) is 18.1 Å². The molecule has 0 spiro atoms. The van der Waals surface area contributed by atoms with Crippen LogP contribution in [0, 0.1) is 11.3 Å². The lowest BCUT2D eigenvalue weighted by atomic mass is 10.2. The number of hydrogen-bond acceptors (Lipinski definition) is 5. The average molecular weight is 280 g/mol. The summed E-state index contributed by atoms with van der Waals surface area (Å²) in [6, 6.07) is 4.30. The van der Waals surface area contributed by atoms with Gasteiger partial charge in [0.15, 0.2) is 5.69 Å². The summed E-state index contributed by atoms with van der Waals surface area (Å²) in [6.45, 7) is 0.105. The first-order valence-corrected chi connectivity index (χ1v) is 7.15. The molecule has 7 nitrogen and oxygen atoms in total. The first kappa shape index (κ1) is 13.5. The molecule has 1 fully saturated rings. The van der Waals surface area contributed by atoms with E-state index in [2.05, 4.69) is 15.0 Å². The third-order valence-electron chi connectivity index (χ3n) is 2.77. The van der Waals surface area contributed by atoms with E-state index in [9.17, 15) is 13.2 Å². The second-order valence-electron chi connectivity index (χ2n) is 4.12. The topological polar surface area (TPSA) is 112 Å². The minimum Gasteiger partial charge on any atom is -0.352 e. The van der Waals surface area contributed by atoms with Crippen LogP contribution in [0.5, 0.6) is 0 Å². The van der Waals surface area contributed by atoms with Gasteiger partial charge in [-0.1, -0.05) is 0 Å². The SMILES string of the molecule is N#Cc1ncccc1S(=O)(=O)NCC1CCC(=O)N1. The molecule has 1 aromatic rings. The smallest absolute Gasteiger partial charge is 0.243 e. The third-order valence-corrected chi connectivity index (χ3v) is 4.23. The molecule has 100 valence electrons. The Labute approximate surface area is 110 Å². The molecule has 2 heterocycles. The van der Waals surface area contributed by atoms with E-state index in [0.717, 1.165) is 0 Å². The van der Waals surface area contributed by atoms with Crippen molar-refractivity contribution >= 4 is 15.9 Å².